The van der Waals surface area contributed by atoms with Crippen molar-refractivity contribution in [2.24, 2.45) is 0 Å². The highest BCUT2D eigenvalue weighted by Crippen LogP contribution is 2.43. The van der Waals surface area contributed by atoms with Crippen molar-refractivity contribution in [2.45, 2.75) is 77.0 Å². The van der Waals surface area contributed by atoms with Gasteiger partial charge in [0.2, 0.25) is 0 Å². The lowest BCUT2D eigenvalue weighted by Gasteiger charge is -2.16. The number of hydrogen-bond donors (Lipinski definition) is 0. The Labute approximate surface area is 821 Å². The molecule has 11 nitrogen and oxygen atoms in total. The van der Waals surface area contributed by atoms with Crippen molar-refractivity contribution in [3.63, 3.8) is 0 Å². The van der Waals surface area contributed by atoms with Crippen molar-refractivity contribution in [1.82, 2.24) is 53.6 Å². The molecule has 0 radical (unpaired) electrons. The van der Waals surface area contributed by atoms with Crippen LogP contribution in [-0.2, 0) is 38.5 Å². The number of benzene rings is 14. The normalized spacial score (nSPS) is 12.6. The van der Waals surface area contributed by atoms with Crippen molar-refractivity contribution >= 4 is 33.1 Å². The Bertz CT molecular complexity index is 7850. The molecule has 0 saturated heterocycles. The topological polar surface area (TPSA) is 118 Å². The van der Waals surface area contributed by atoms with Crippen LogP contribution in [0.5, 0.6) is 0 Å². The van der Waals surface area contributed by atoms with E-state index in [2.05, 4.69) is 408 Å². The largest absolute Gasteiger partial charge is 0.312 e. The number of pyridine rings is 4. The summed E-state index contributed by atoms with van der Waals surface area (Å²) < 4.78 is 7.17. The van der Waals surface area contributed by atoms with Crippen molar-refractivity contribution in [3.05, 3.63) is 489 Å². The third kappa shape index (κ3) is 17.7. The van der Waals surface area contributed by atoms with E-state index >= 15 is 0 Å². The first-order valence-electron chi connectivity index (χ1n) is 49.3. The molecule has 0 unspecified atom stereocenters. The van der Waals surface area contributed by atoms with E-state index in [-0.39, 0.29) is 0 Å². The Morgan fingerprint density at radius 2 is 0.411 bits per heavy atom. The van der Waals surface area contributed by atoms with Crippen LogP contribution in [-0.4, -0.2) is 53.6 Å². The zero-order valence-corrected chi connectivity index (χ0v) is 78.2. The first-order valence-corrected chi connectivity index (χ1v) is 49.3. The Balaban J connectivity index is 0.000000115. The van der Waals surface area contributed by atoms with Gasteiger partial charge in [0.05, 0.1) is 45.2 Å². The maximum Gasteiger partial charge on any atom is 0.160 e. The van der Waals surface area contributed by atoms with E-state index in [0.717, 1.165) is 168 Å². The molecule has 0 atom stereocenters. The molecule has 0 aliphatic heterocycles. The highest BCUT2D eigenvalue weighted by atomic mass is 15.1. The van der Waals surface area contributed by atoms with Crippen molar-refractivity contribution < 1.29 is 0 Å². The van der Waals surface area contributed by atoms with Gasteiger partial charge in [0.25, 0.3) is 0 Å². The predicted molar refractivity (Wildman–Crippen MR) is 578 cm³/mol. The van der Waals surface area contributed by atoms with Crippen LogP contribution in [0.25, 0.3) is 207 Å². The van der Waals surface area contributed by atoms with Crippen LogP contribution >= 0.6 is 0 Å². The van der Waals surface area contributed by atoms with Crippen LogP contribution < -0.4 is 0 Å². The molecule has 674 valence electrons. The zero-order valence-electron chi connectivity index (χ0n) is 78.2. The second-order valence-electron chi connectivity index (χ2n) is 36.8. The monoisotopic (exact) mass is 1810 g/mol. The van der Waals surface area contributed by atoms with E-state index < -0.39 is 0 Å². The summed E-state index contributed by atoms with van der Waals surface area (Å²) in [4.78, 5) is 40.0. The fraction of sp³-hybridized carbons (Fsp3) is 0.0923. The van der Waals surface area contributed by atoms with Crippen LogP contribution in [0.2, 0.25) is 0 Å². The van der Waals surface area contributed by atoms with Gasteiger partial charge in [-0.15, -0.1) is 0 Å². The lowest BCUT2D eigenvalue weighted by molar-refractivity contribution is 0.666. The van der Waals surface area contributed by atoms with Crippen LogP contribution in [0.3, 0.4) is 0 Å². The second-order valence-corrected chi connectivity index (χ2v) is 36.8. The van der Waals surface area contributed by atoms with Gasteiger partial charge >= 0.3 is 0 Å². The molecular formula is C130H99N11. The quantitative estimate of drug-likeness (QED) is 0.0885. The molecule has 11 heteroatoms. The Hall–Kier alpha value is -17.5. The Morgan fingerprint density at radius 3 is 0.759 bits per heavy atom. The number of hydrogen-bond acceptors (Lipinski definition) is 8. The molecule has 0 saturated carbocycles. The molecule has 9 aromatic heterocycles. The lowest BCUT2D eigenvalue weighted by Crippen LogP contribution is -2.07. The molecular weight excluding hydrogens is 1720 g/mol. The summed E-state index contributed by atoms with van der Waals surface area (Å²) >= 11 is 0. The molecule has 3 aliphatic carbocycles. The van der Waals surface area contributed by atoms with E-state index in [1.54, 1.807) is 0 Å². The van der Waals surface area contributed by atoms with Gasteiger partial charge < -0.3 is 4.57 Å². The summed E-state index contributed by atoms with van der Waals surface area (Å²) in [5, 5.41) is 2.58. The average Bonchev–Trinajstić information content (AvgIpc) is 1.60. The van der Waals surface area contributed by atoms with E-state index in [0.29, 0.717) is 5.82 Å². The molecule has 0 amide bonds. The maximum absolute atomic E-state index is 5.23. The SMILES string of the molecule is c1ccc(-c2ccc(-c3cc(-c4ccc(-n5c6c(c7cccnc75)CCCC6)cc4)cc(-c4ccc(-c5ccccc5)cc4)n3)cc2)cc1.c1ccc(-c2ccc(-c3cc(-c4ccc(-n5c6c(c7cccnc75)CCCC6)cc4)nc(-c4ccccc4)n3)cc2)cc1.c1ccc(-c2ccc(-c3cc(-c4ccc(-n5c6c(c7ncccc75)CCCC6)cc4)nc(-c4ccc(-c5ccccc5)cc4)n3)cc2)cc1. The summed E-state index contributed by atoms with van der Waals surface area (Å²) in [5.74, 6) is 1.43. The number of aryl methyl sites for hydroxylation is 3. The molecule has 3 aliphatic rings. The summed E-state index contributed by atoms with van der Waals surface area (Å²) in [6.45, 7) is 0. The molecule has 0 fully saturated rings. The van der Waals surface area contributed by atoms with E-state index in [1.165, 1.54) is 144 Å². The maximum atomic E-state index is 5.23. The van der Waals surface area contributed by atoms with Gasteiger partial charge in [-0.25, -0.2) is 34.9 Å². The van der Waals surface area contributed by atoms with E-state index in [4.69, 9.17) is 39.9 Å². The Kier molecular flexibility index (Phi) is 23.8. The lowest BCUT2D eigenvalue weighted by atomic mass is 9.96. The van der Waals surface area contributed by atoms with Gasteiger partial charge in [-0.05, 0) is 258 Å². The minimum atomic E-state index is 0.708. The average molecular weight is 1820 g/mol. The van der Waals surface area contributed by atoms with Gasteiger partial charge in [0, 0.05) is 108 Å². The number of nitrogens with zero attached hydrogens (tertiary/aromatic N) is 11. The third-order valence-electron chi connectivity index (χ3n) is 28.1. The summed E-state index contributed by atoms with van der Waals surface area (Å²) in [5.41, 5.74) is 44.6. The highest BCUT2D eigenvalue weighted by molar-refractivity contribution is 5.89. The van der Waals surface area contributed by atoms with Crippen molar-refractivity contribution in [1.29, 1.82) is 0 Å². The zero-order chi connectivity index (χ0) is 93.7. The fourth-order valence-electron chi connectivity index (χ4n) is 20.9. The highest BCUT2D eigenvalue weighted by Gasteiger charge is 2.27. The van der Waals surface area contributed by atoms with E-state index in [1.807, 2.05) is 61.1 Å². The van der Waals surface area contributed by atoms with Gasteiger partial charge in [-0.2, -0.15) is 0 Å². The molecule has 0 spiro atoms. The standard InChI is InChI=1S/C46H35N3.C45H34N4.C39H30N4/c1-3-10-32(11-4-1)34-17-21-37(22-18-34)43-30-39(31-44(48-43)38-23-19-35(20-24-38)33-12-5-2-6-13-33)36-25-27-40(28-26-36)49-45-16-8-7-14-41(45)42-15-9-29-47-46(42)49;1-3-10-31(11-4-1)33-17-21-35(22-18-33)40-30-41(48-45(47-40)37-23-19-34(20-24-37)32-12-5-2-6-13-32)36-25-27-38(28-26-36)49-42-15-8-7-14-39(42)44-43(49)16-9-29-46-44;1-3-10-27(11-4-1)28-17-19-29(20-18-28)35-26-36(42-38(41-35)31-12-5-2-6-13-31)30-21-23-32(24-22-30)43-37-16-8-7-14-33(37)34-15-9-25-40-39(34)43/h1-6,9-13,15,17-31H,7-8,14,16H2;1-6,9-13,16-30H,7-8,14-15H2;1-6,9-13,15,17-26H,7-8,14,16H2. The van der Waals surface area contributed by atoms with E-state index in [9.17, 15) is 0 Å². The molecule has 141 heavy (non-hydrogen) atoms. The van der Waals surface area contributed by atoms with Crippen LogP contribution in [0.15, 0.2) is 455 Å². The van der Waals surface area contributed by atoms with Crippen molar-refractivity contribution in [2.75, 3.05) is 0 Å². The van der Waals surface area contributed by atoms with Gasteiger partial charge in [0.15, 0.2) is 11.6 Å². The van der Waals surface area contributed by atoms with Crippen molar-refractivity contribution in [3.8, 4) is 174 Å². The summed E-state index contributed by atoms with van der Waals surface area (Å²) in [6.07, 6.45) is 19.7. The van der Waals surface area contributed by atoms with Gasteiger partial charge in [-0.3, -0.25) is 14.1 Å². The first kappa shape index (κ1) is 86.3. The molecule has 26 rings (SSSR count). The smallest absolute Gasteiger partial charge is 0.160 e. The van der Waals surface area contributed by atoms with Crippen LogP contribution in [0, 0.1) is 0 Å². The summed E-state index contributed by atoms with van der Waals surface area (Å²) in [7, 11) is 0. The molecule has 23 aromatic rings. The van der Waals surface area contributed by atoms with Crippen LogP contribution in [0.4, 0.5) is 0 Å². The second kappa shape index (κ2) is 38.9. The van der Waals surface area contributed by atoms with Gasteiger partial charge in [0.1, 0.15) is 11.3 Å². The first-order chi connectivity index (χ1) is 69.9. The van der Waals surface area contributed by atoms with Crippen LogP contribution in [0.1, 0.15) is 72.3 Å². The van der Waals surface area contributed by atoms with Gasteiger partial charge in [-0.1, -0.05) is 340 Å². The molecule has 14 aromatic carbocycles. The Morgan fingerprint density at radius 1 is 0.170 bits per heavy atom. The third-order valence-corrected chi connectivity index (χ3v) is 28.1. The number of fused-ring (bicyclic) bond motifs is 9. The molecule has 0 N–H and O–H groups in total. The minimum absolute atomic E-state index is 0.708. The minimum Gasteiger partial charge on any atom is -0.312 e. The fourth-order valence-corrected chi connectivity index (χ4v) is 20.9. The molecule has 9 heterocycles. The predicted octanol–water partition coefficient (Wildman–Crippen LogP) is 32.0. The number of rotatable bonds is 17. The number of aromatic nitrogens is 11. The molecule has 0 bridgehead atoms. The summed E-state index contributed by atoms with van der Waals surface area (Å²) in [6, 6.07) is 154.